The van der Waals surface area contributed by atoms with Crippen LogP contribution in [-0.4, -0.2) is 38.1 Å². The molecule has 1 aliphatic heterocycles. The molecule has 0 aromatic carbocycles. The van der Waals surface area contributed by atoms with Gasteiger partial charge in [0.1, 0.15) is 12.1 Å². The third kappa shape index (κ3) is 3.09. The van der Waals surface area contributed by atoms with Crippen LogP contribution in [0.2, 0.25) is 0 Å². The summed E-state index contributed by atoms with van der Waals surface area (Å²) in [5, 5.41) is 4.05. The van der Waals surface area contributed by atoms with Crippen LogP contribution in [0.3, 0.4) is 0 Å². The predicted molar refractivity (Wildman–Crippen MR) is 82.7 cm³/mol. The number of nitrogens with two attached hydrogens (primary N) is 1. The second kappa shape index (κ2) is 5.64. The van der Waals surface area contributed by atoms with Crippen LogP contribution in [0.15, 0.2) is 17.0 Å². The van der Waals surface area contributed by atoms with Crippen LogP contribution in [0.4, 0.5) is 5.82 Å². The number of rotatable bonds is 3. The van der Waals surface area contributed by atoms with Gasteiger partial charge in [0.05, 0.1) is 11.6 Å². The lowest BCUT2D eigenvalue weighted by molar-refractivity contribution is 0.153. The minimum absolute atomic E-state index is 0.186. The first-order valence-corrected chi connectivity index (χ1v) is 7.57. The SMILES string of the molecule is CC(C)(C)CN1CCC[C@H]1c1nc(-c2cncnc2N)no1. The lowest BCUT2D eigenvalue weighted by Gasteiger charge is -2.29. The van der Waals surface area contributed by atoms with Crippen molar-refractivity contribution >= 4 is 5.82 Å². The fourth-order valence-corrected chi connectivity index (χ4v) is 2.90. The van der Waals surface area contributed by atoms with Gasteiger partial charge < -0.3 is 10.3 Å². The second-order valence-electron chi connectivity index (χ2n) is 6.97. The fourth-order valence-electron chi connectivity index (χ4n) is 2.90. The van der Waals surface area contributed by atoms with E-state index in [2.05, 4.69) is 45.8 Å². The zero-order chi connectivity index (χ0) is 15.7. The average molecular weight is 302 g/mol. The Hall–Kier alpha value is -2.02. The van der Waals surface area contributed by atoms with Gasteiger partial charge in [-0.15, -0.1) is 0 Å². The number of aromatic nitrogens is 4. The molecule has 3 heterocycles. The van der Waals surface area contributed by atoms with E-state index >= 15 is 0 Å². The van der Waals surface area contributed by atoms with Gasteiger partial charge in [-0.05, 0) is 24.8 Å². The maximum atomic E-state index is 5.84. The van der Waals surface area contributed by atoms with Gasteiger partial charge in [-0.2, -0.15) is 4.98 Å². The van der Waals surface area contributed by atoms with Gasteiger partial charge in [0.25, 0.3) is 0 Å². The van der Waals surface area contributed by atoms with Gasteiger partial charge in [-0.25, -0.2) is 9.97 Å². The molecule has 2 aromatic heterocycles. The van der Waals surface area contributed by atoms with E-state index in [4.69, 9.17) is 10.3 Å². The first kappa shape index (κ1) is 14.9. The predicted octanol–water partition coefficient (Wildman–Crippen LogP) is 2.29. The molecule has 1 aliphatic rings. The van der Waals surface area contributed by atoms with Crippen molar-refractivity contribution in [3.8, 4) is 11.4 Å². The van der Waals surface area contributed by atoms with Gasteiger partial charge in [-0.1, -0.05) is 25.9 Å². The van der Waals surface area contributed by atoms with E-state index in [9.17, 15) is 0 Å². The zero-order valence-electron chi connectivity index (χ0n) is 13.3. The molecule has 0 spiro atoms. The van der Waals surface area contributed by atoms with Crippen LogP contribution >= 0.6 is 0 Å². The van der Waals surface area contributed by atoms with Crippen LogP contribution in [0.25, 0.3) is 11.4 Å². The molecule has 118 valence electrons. The third-order valence-corrected chi connectivity index (χ3v) is 3.75. The highest BCUT2D eigenvalue weighted by Crippen LogP contribution is 2.34. The van der Waals surface area contributed by atoms with Crippen LogP contribution in [-0.2, 0) is 0 Å². The number of likely N-dealkylation sites (tertiary alicyclic amines) is 1. The Balaban J connectivity index is 1.83. The van der Waals surface area contributed by atoms with E-state index in [0.29, 0.717) is 23.1 Å². The number of nitrogens with zero attached hydrogens (tertiary/aromatic N) is 5. The van der Waals surface area contributed by atoms with E-state index < -0.39 is 0 Å². The molecule has 22 heavy (non-hydrogen) atoms. The first-order valence-electron chi connectivity index (χ1n) is 7.57. The summed E-state index contributed by atoms with van der Waals surface area (Å²) in [6, 6.07) is 0.186. The molecule has 0 radical (unpaired) electrons. The standard InChI is InChI=1S/C15H22N6O/c1-15(2,3)8-21-6-4-5-11(21)14-19-13(20-22-14)10-7-17-9-18-12(10)16/h7,9,11H,4-6,8H2,1-3H3,(H2,16,17,18)/t11-/m0/s1. The lowest BCUT2D eigenvalue weighted by Crippen LogP contribution is -2.32. The van der Waals surface area contributed by atoms with Crippen LogP contribution < -0.4 is 5.73 Å². The highest BCUT2D eigenvalue weighted by molar-refractivity contribution is 5.66. The van der Waals surface area contributed by atoms with Gasteiger partial charge in [0.15, 0.2) is 0 Å². The number of nitrogen functional groups attached to an aromatic ring is 1. The minimum atomic E-state index is 0.186. The summed E-state index contributed by atoms with van der Waals surface area (Å²) < 4.78 is 5.49. The average Bonchev–Trinajstić information content (AvgIpc) is 3.06. The molecule has 0 aliphatic carbocycles. The van der Waals surface area contributed by atoms with Crippen molar-refractivity contribution < 1.29 is 4.52 Å². The molecular weight excluding hydrogens is 280 g/mol. The quantitative estimate of drug-likeness (QED) is 0.929. The second-order valence-corrected chi connectivity index (χ2v) is 6.97. The largest absolute Gasteiger partial charge is 0.383 e. The summed E-state index contributed by atoms with van der Waals surface area (Å²) in [6.45, 7) is 8.79. The Morgan fingerprint density at radius 1 is 1.41 bits per heavy atom. The molecule has 0 amide bonds. The molecule has 7 nitrogen and oxygen atoms in total. The molecule has 1 atom stereocenters. The summed E-state index contributed by atoms with van der Waals surface area (Å²) in [7, 11) is 0. The van der Waals surface area contributed by atoms with Crippen molar-refractivity contribution in [1.29, 1.82) is 0 Å². The maximum Gasteiger partial charge on any atom is 0.244 e. The maximum absolute atomic E-state index is 5.84. The van der Waals surface area contributed by atoms with Crippen LogP contribution in [0.1, 0.15) is 45.5 Å². The van der Waals surface area contributed by atoms with Crippen molar-refractivity contribution in [3.63, 3.8) is 0 Å². The molecule has 0 bridgehead atoms. The first-order chi connectivity index (χ1) is 10.4. The Morgan fingerprint density at radius 3 is 2.95 bits per heavy atom. The molecule has 3 rings (SSSR count). The summed E-state index contributed by atoms with van der Waals surface area (Å²) in [6.07, 6.45) is 5.20. The highest BCUT2D eigenvalue weighted by Gasteiger charge is 2.33. The number of hydrogen-bond acceptors (Lipinski definition) is 7. The summed E-state index contributed by atoms with van der Waals surface area (Å²) >= 11 is 0. The van der Waals surface area contributed by atoms with E-state index in [1.807, 2.05) is 0 Å². The molecule has 2 aromatic rings. The smallest absolute Gasteiger partial charge is 0.244 e. The van der Waals surface area contributed by atoms with Crippen molar-refractivity contribution in [2.45, 2.75) is 39.7 Å². The topological polar surface area (TPSA) is 94.0 Å². The van der Waals surface area contributed by atoms with Gasteiger partial charge in [0, 0.05) is 12.7 Å². The summed E-state index contributed by atoms with van der Waals surface area (Å²) in [4.78, 5) is 14.9. The molecular formula is C15H22N6O. The zero-order valence-corrected chi connectivity index (χ0v) is 13.3. The van der Waals surface area contributed by atoms with E-state index in [-0.39, 0.29) is 11.5 Å². The van der Waals surface area contributed by atoms with E-state index in [1.54, 1.807) is 6.20 Å². The van der Waals surface area contributed by atoms with E-state index in [1.165, 1.54) is 6.33 Å². The Morgan fingerprint density at radius 2 is 2.23 bits per heavy atom. The van der Waals surface area contributed by atoms with Gasteiger partial charge >= 0.3 is 0 Å². The van der Waals surface area contributed by atoms with Crippen molar-refractivity contribution in [2.75, 3.05) is 18.8 Å². The molecule has 0 saturated carbocycles. The normalized spacial score (nSPS) is 19.7. The van der Waals surface area contributed by atoms with Crippen molar-refractivity contribution in [3.05, 3.63) is 18.4 Å². The van der Waals surface area contributed by atoms with Crippen molar-refractivity contribution in [2.24, 2.45) is 5.41 Å². The minimum Gasteiger partial charge on any atom is -0.383 e. The Bertz CT molecular complexity index is 647. The molecule has 0 unspecified atom stereocenters. The summed E-state index contributed by atoms with van der Waals surface area (Å²) in [5.74, 6) is 1.47. The molecule has 7 heteroatoms. The fraction of sp³-hybridized carbons (Fsp3) is 0.600. The Kier molecular flexibility index (Phi) is 3.82. The van der Waals surface area contributed by atoms with Gasteiger partial charge in [-0.3, -0.25) is 4.90 Å². The van der Waals surface area contributed by atoms with E-state index in [0.717, 1.165) is 25.9 Å². The van der Waals surface area contributed by atoms with Gasteiger partial charge in [0.2, 0.25) is 11.7 Å². The molecule has 1 fully saturated rings. The summed E-state index contributed by atoms with van der Waals surface area (Å²) in [5.41, 5.74) is 6.69. The van der Waals surface area contributed by atoms with Crippen LogP contribution in [0, 0.1) is 5.41 Å². The number of hydrogen-bond donors (Lipinski definition) is 1. The highest BCUT2D eigenvalue weighted by atomic mass is 16.5. The monoisotopic (exact) mass is 302 g/mol. The van der Waals surface area contributed by atoms with Crippen LogP contribution in [0.5, 0.6) is 0 Å². The van der Waals surface area contributed by atoms with Crippen molar-refractivity contribution in [1.82, 2.24) is 25.0 Å². The molecule has 2 N–H and O–H groups in total. The Labute approximate surface area is 129 Å². The third-order valence-electron chi connectivity index (χ3n) is 3.75. The lowest BCUT2D eigenvalue weighted by atomic mass is 9.96. The molecule has 1 saturated heterocycles. The number of anilines is 1.